The summed E-state index contributed by atoms with van der Waals surface area (Å²) in [7, 11) is -4.31. The number of hydrogen-bond donors (Lipinski definition) is 3. The molecule has 3 N–H and O–H groups in total. The average Bonchev–Trinajstić information content (AvgIpc) is 3.06. The number of fused-ring (bicyclic) bond motifs is 5. The summed E-state index contributed by atoms with van der Waals surface area (Å²) in [4.78, 5) is 14.7. The molecule has 7 rings (SSSR count). The molecule has 0 radical (unpaired) electrons. The van der Waals surface area contributed by atoms with E-state index in [-0.39, 0.29) is 17.6 Å². The van der Waals surface area contributed by atoms with Gasteiger partial charge in [-0.1, -0.05) is 6.42 Å². The van der Waals surface area contributed by atoms with Gasteiger partial charge in [-0.15, -0.1) is 0 Å². The van der Waals surface area contributed by atoms with Crippen molar-refractivity contribution >= 4 is 33.0 Å². The maximum atomic E-state index is 14.3. The van der Waals surface area contributed by atoms with Crippen molar-refractivity contribution in [1.29, 1.82) is 0 Å². The molecule has 5 aliphatic rings. The van der Waals surface area contributed by atoms with Gasteiger partial charge in [0.05, 0.1) is 22.5 Å². The van der Waals surface area contributed by atoms with Gasteiger partial charge in [0.1, 0.15) is 16.5 Å². The number of hydrogen-bond acceptors (Lipinski definition) is 5. The summed E-state index contributed by atoms with van der Waals surface area (Å²) in [6.07, 6.45) is 4.53. The molecule has 3 saturated heterocycles. The van der Waals surface area contributed by atoms with Gasteiger partial charge < -0.3 is 15.5 Å². The maximum absolute atomic E-state index is 14.3. The standard InChI is InChI=1S/C24H26F2N4O3S/c25-15-2-3-21(18(26)10-15)34(32,33)29-16-11-17-22(28-23(31)24(17)6-1-7-24)19(12-16)27-20-13-30-8-4-14(20)5-9-30/h2-3,10-12,14,20,27,29H,1,4-9,13H2,(H,28,31). The lowest BCUT2D eigenvalue weighted by molar-refractivity contribution is -0.123. The van der Waals surface area contributed by atoms with Crippen molar-refractivity contribution in [1.82, 2.24) is 4.90 Å². The van der Waals surface area contributed by atoms with Crippen LogP contribution >= 0.6 is 0 Å². The monoisotopic (exact) mass is 488 g/mol. The molecular weight excluding hydrogens is 462 g/mol. The number of carbonyl (C=O) groups is 1. The molecule has 7 nitrogen and oxygen atoms in total. The number of nitrogens with one attached hydrogen (secondary N) is 3. The highest BCUT2D eigenvalue weighted by molar-refractivity contribution is 7.92. The maximum Gasteiger partial charge on any atom is 0.264 e. The first-order valence-electron chi connectivity index (χ1n) is 11.7. The number of nitrogens with zero attached hydrogens (tertiary/aromatic N) is 1. The van der Waals surface area contributed by atoms with Crippen molar-refractivity contribution in [3.8, 4) is 0 Å². The second-order valence-corrected chi connectivity index (χ2v) is 11.6. The Morgan fingerprint density at radius 3 is 2.47 bits per heavy atom. The highest BCUT2D eigenvalue weighted by Gasteiger charge is 2.52. The minimum absolute atomic E-state index is 0.0599. The molecule has 1 atom stereocenters. The number of amides is 1. The summed E-state index contributed by atoms with van der Waals surface area (Å²) >= 11 is 0. The Morgan fingerprint density at radius 1 is 1.09 bits per heavy atom. The third-order valence-corrected chi connectivity index (χ3v) is 9.38. The van der Waals surface area contributed by atoms with Crippen LogP contribution in [0, 0.1) is 17.6 Å². The minimum Gasteiger partial charge on any atom is -0.379 e. The zero-order valence-corrected chi connectivity index (χ0v) is 19.4. The third-order valence-electron chi connectivity index (χ3n) is 7.97. The largest absolute Gasteiger partial charge is 0.379 e. The van der Waals surface area contributed by atoms with E-state index in [2.05, 4.69) is 20.3 Å². The fourth-order valence-corrected chi connectivity index (χ4v) is 7.04. The van der Waals surface area contributed by atoms with Crippen molar-refractivity contribution in [3.63, 3.8) is 0 Å². The quantitative estimate of drug-likeness (QED) is 0.598. The number of piperidine rings is 3. The molecule has 1 amide bonds. The first-order valence-corrected chi connectivity index (χ1v) is 13.2. The molecule has 2 bridgehead atoms. The van der Waals surface area contributed by atoms with E-state index >= 15 is 0 Å². The molecule has 1 spiro atoms. The number of halogens is 2. The summed E-state index contributed by atoms with van der Waals surface area (Å²) in [6, 6.07) is 5.89. The summed E-state index contributed by atoms with van der Waals surface area (Å²) < 4.78 is 56.0. The van der Waals surface area contributed by atoms with E-state index in [0.717, 1.165) is 56.6 Å². The topological polar surface area (TPSA) is 90.5 Å². The lowest BCUT2D eigenvalue weighted by Crippen LogP contribution is -2.53. The van der Waals surface area contributed by atoms with Crippen LogP contribution in [0.4, 0.5) is 25.8 Å². The van der Waals surface area contributed by atoms with E-state index in [1.807, 2.05) is 0 Å². The molecule has 10 heteroatoms. The number of benzene rings is 2. The van der Waals surface area contributed by atoms with Crippen molar-refractivity contribution in [3.05, 3.63) is 47.5 Å². The lowest BCUT2D eigenvalue weighted by atomic mass is 9.65. The lowest BCUT2D eigenvalue weighted by Gasteiger charge is -2.45. The Labute approximate surface area is 197 Å². The molecule has 1 unspecified atom stereocenters. The Kier molecular flexibility index (Phi) is 4.90. The van der Waals surface area contributed by atoms with E-state index in [1.54, 1.807) is 12.1 Å². The Bertz CT molecular complexity index is 1290. The molecule has 2 aromatic rings. The smallest absolute Gasteiger partial charge is 0.264 e. The first kappa shape index (κ1) is 21.8. The van der Waals surface area contributed by atoms with Gasteiger partial charge in [0, 0.05) is 18.7 Å². The van der Waals surface area contributed by atoms with Crippen LogP contribution in [0.2, 0.25) is 0 Å². The van der Waals surface area contributed by atoms with E-state index < -0.39 is 32.0 Å². The van der Waals surface area contributed by atoms with Gasteiger partial charge in [-0.3, -0.25) is 9.52 Å². The molecule has 4 heterocycles. The number of rotatable bonds is 5. The van der Waals surface area contributed by atoms with Crippen molar-refractivity contribution in [2.75, 3.05) is 35.0 Å². The SMILES string of the molecule is O=C1Nc2c(NC3CN4CCC3CC4)cc(NS(=O)(=O)c3ccc(F)cc3F)cc2C12CCC2. The van der Waals surface area contributed by atoms with E-state index in [9.17, 15) is 22.0 Å². The number of carbonyl (C=O) groups excluding carboxylic acids is 1. The van der Waals surface area contributed by atoms with Gasteiger partial charge in [0.25, 0.3) is 10.0 Å². The van der Waals surface area contributed by atoms with Crippen LogP contribution in [0.25, 0.3) is 0 Å². The second kappa shape index (κ2) is 7.64. The molecule has 1 aliphatic carbocycles. The van der Waals surface area contributed by atoms with Crippen LogP contribution in [0.15, 0.2) is 35.2 Å². The predicted octanol–water partition coefficient (Wildman–Crippen LogP) is 3.65. The van der Waals surface area contributed by atoms with E-state index in [1.165, 1.54) is 0 Å². The van der Waals surface area contributed by atoms with E-state index in [0.29, 0.717) is 36.2 Å². The first-order chi connectivity index (χ1) is 16.2. The number of sulfonamides is 1. The molecule has 34 heavy (non-hydrogen) atoms. The van der Waals surface area contributed by atoms with Crippen LogP contribution in [-0.4, -0.2) is 44.9 Å². The molecule has 4 fully saturated rings. The highest BCUT2D eigenvalue weighted by atomic mass is 32.2. The Morgan fingerprint density at radius 2 is 1.85 bits per heavy atom. The van der Waals surface area contributed by atoms with Gasteiger partial charge in [-0.05, 0) is 74.5 Å². The molecule has 2 aromatic carbocycles. The van der Waals surface area contributed by atoms with Gasteiger partial charge >= 0.3 is 0 Å². The fourth-order valence-electron chi connectivity index (χ4n) is 5.94. The Hall–Kier alpha value is -2.72. The zero-order chi connectivity index (χ0) is 23.7. The molecule has 1 saturated carbocycles. The predicted molar refractivity (Wildman–Crippen MR) is 124 cm³/mol. The van der Waals surface area contributed by atoms with Gasteiger partial charge in [-0.2, -0.15) is 0 Å². The second-order valence-electron chi connectivity index (χ2n) is 9.91. The van der Waals surface area contributed by atoms with E-state index in [4.69, 9.17) is 0 Å². The van der Waals surface area contributed by atoms with Crippen LogP contribution in [-0.2, 0) is 20.2 Å². The summed E-state index contributed by atoms with van der Waals surface area (Å²) in [5.41, 5.74) is 1.74. The molecule has 180 valence electrons. The van der Waals surface area contributed by atoms with Gasteiger partial charge in [0.2, 0.25) is 5.91 Å². The van der Waals surface area contributed by atoms with Crippen molar-refractivity contribution in [2.45, 2.75) is 48.5 Å². The zero-order valence-electron chi connectivity index (χ0n) is 18.5. The summed E-state index contributed by atoms with van der Waals surface area (Å²) in [6.45, 7) is 3.07. The number of anilines is 3. The van der Waals surface area contributed by atoms with Crippen LogP contribution < -0.4 is 15.4 Å². The molecular formula is C24H26F2N4O3S. The summed E-state index contributed by atoms with van der Waals surface area (Å²) in [5.74, 6) is -1.56. The third kappa shape index (κ3) is 3.38. The minimum atomic E-state index is -4.31. The molecule has 0 aromatic heterocycles. The van der Waals surface area contributed by atoms with Crippen LogP contribution in [0.3, 0.4) is 0 Å². The Balaban J connectivity index is 1.39. The van der Waals surface area contributed by atoms with Gasteiger partial charge in [-0.25, -0.2) is 17.2 Å². The van der Waals surface area contributed by atoms with Crippen LogP contribution in [0.1, 0.15) is 37.7 Å². The molecule has 4 aliphatic heterocycles. The highest BCUT2D eigenvalue weighted by Crippen LogP contribution is 2.54. The normalized spacial score (nSPS) is 26.6. The van der Waals surface area contributed by atoms with Crippen LogP contribution in [0.5, 0.6) is 0 Å². The fraction of sp³-hybridized carbons (Fsp3) is 0.458. The van der Waals surface area contributed by atoms with Gasteiger partial charge in [0.15, 0.2) is 0 Å². The average molecular weight is 489 g/mol. The van der Waals surface area contributed by atoms with Crippen molar-refractivity contribution < 1.29 is 22.0 Å². The van der Waals surface area contributed by atoms with Crippen molar-refractivity contribution in [2.24, 2.45) is 5.92 Å². The summed E-state index contributed by atoms with van der Waals surface area (Å²) in [5, 5.41) is 6.62.